The average molecular weight is 384 g/mol. The highest BCUT2D eigenvalue weighted by Gasteiger charge is 2.34. The van der Waals surface area contributed by atoms with Crippen LogP contribution in [-0.4, -0.2) is 20.9 Å². The summed E-state index contributed by atoms with van der Waals surface area (Å²) in [4.78, 5) is 13.0. The summed E-state index contributed by atoms with van der Waals surface area (Å²) >= 11 is 0. The quantitative estimate of drug-likeness (QED) is 0.527. The number of nitrogens with one attached hydrogen (secondary N) is 1. The van der Waals surface area contributed by atoms with Crippen molar-refractivity contribution < 1.29 is 4.79 Å². The molecule has 0 saturated heterocycles. The number of fused-ring (bicyclic) bond motifs is 1. The fourth-order valence-electron chi connectivity index (χ4n) is 3.68. The molecule has 4 rings (SSSR count). The Labute approximate surface area is 170 Å². The van der Waals surface area contributed by atoms with Gasteiger partial charge in [0.2, 0.25) is 0 Å². The lowest BCUT2D eigenvalue weighted by Gasteiger charge is -2.35. The Balaban J connectivity index is 1.73. The van der Waals surface area contributed by atoms with Crippen molar-refractivity contribution in [3.8, 4) is 0 Å². The van der Waals surface area contributed by atoms with Crippen molar-refractivity contribution in [2.24, 2.45) is 5.41 Å². The SMILES string of the molecule is CC(C)(Cc1ccccc1)C(NC(=O)c1ccccc1)n1nnc2ccccc21. The molecule has 1 unspecified atom stereocenters. The molecule has 0 spiro atoms. The zero-order chi connectivity index (χ0) is 20.3. The van der Waals surface area contributed by atoms with Gasteiger partial charge in [-0.3, -0.25) is 4.79 Å². The molecular formula is C24H24N4O. The Hall–Kier alpha value is -3.47. The summed E-state index contributed by atoms with van der Waals surface area (Å²) in [5, 5.41) is 11.9. The van der Waals surface area contributed by atoms with Crippen molar-refractivity contribution in [3.05, 3.63) is 96.1 Å². The second kappa shape index (κ2) is 7.87. The van der Waals surface area contributed by atoms with E-state index in [1.54, 1.807) is 0 Å². The molecule has 29 heavy (non-hydrogen) atoms. The van der Waals surface area contributed by atoms with Crippen LogP contribution in [0.4, 0.5) is 0 Å². The van der Waals surface area contributed by atoms with Gasteiger partial charge in [-0.15, -0.1) is 5.10 Å². The van der Waals surface area contributed by atoms with E-state index in [1.165, 1.54) is 5.56 Å². The second-order valence-electron chi connectivity index (χ2n) is 7.92. The van der Waals surface area contributed by atoms with E-state index in [-0.39, 0.29) is 17.5 Å². The molecule has 4 aromatic rings. The molecule has 1 aromatic heterocycles. The third-order valence-electron chi connectivity index (χ3n) is 5.17. The number of hydrogen-bond acceptors (Lipinski definition) is 3. The van der Waals surface area contributed by atoms with Crippen LogP contribution in [0.2, 0.25) is 0 Å². The first-order chi connectivity index (χ1) is 14.0. The van der Waals surface area contributed by atoms with E-state index >= 15 is 0 Å². The molecule has 0 aliphatic carbocycles. The highest BCUT2D eigenvalue weighted by molar-refractivity contribution is 5.94. The molecule has 1 N–H and O–H groups in total. The molecule has 146 valence electrons. The number of hydrogen-bond donors (Lipinski definition) is 1. The average Bonchev–Trinajstić information content (AvgIpc) is 3.16. The van der Waals surface area contributed by atoms with Gasteiger partial charge >= 0.3 is 0 Å². The summed E-state index contributed by atoms with van der Waals surface area (Å²) in [5.41, 5.74) is 3.22. The van der Waals surface area contributed by atoms with Gasteiger partial charge in [0.25, 0.3) is 5.91 Å². The number of nitrogens with zero attached hydrogens (tertiary/aromatic N) is 3. The summed E-state index contributed by atoms with van der Waals surface area (Å²) in [6.45, 7) is 4.29. The summed E-state index contributed by atoms with van der Waals surface area (Å²) in [5.74, 6) is -0.128. The zero-order valence-corrected chi connectivity index (χ0v) is 16.6. The lowest BCUT2D eigenvalue weighted by molar-refractivity contribution is 0.0823. The van der Waals surface area contributed by atoms with Gasteiger partial charge in [-0.05, 0) is 36.2 Å². The molecule has 5 nitrogen and oxygen atoms in total. The Morgan fingerprint density at radius 3 is 2.28 bits per heavy atom. The van der Waals surface area contributed by atoms with Gasteiger partial charge in [-0.25, -0.2) is 4.68 Å². The maximum Gasteiger partial charge on any atom is 0.252 e. The molecule has 1 heterocycles. The van der Waals surface area contributed by atoms with Crippen LogP contribution in [0.25, 0.3) is 11.0 Å². The van der Waals surface area contributed by atoms with Crippen LogP contribution in [0.3, 0.4) is 0 Å². The number of benzene rings is 3. The summed E-state index contributed by atoms with van der Waals surface area (Å²) in [7, 11) is 0. The molecular weight excluding hydrogens is 360 g/mol. The molecule has 0 bridgehead atoms. The van der Waals surface area contributed by atoms with Gasteiger partial charge in [-0.2, -0.15) is 0 Å². The van der Waals surface area contributed by atoms with E-state index in [2.05, 4.69) is 41.6 Å². The van der Waals surface area contributed by atoms with Crippen molar-refractivity contribution in [2.45, 2.75) is 26.4 Å². The standard InChI is InChI=1S/C24H24N4O/c1-24(2,17-18-11-5-3-6-12-18)23(25-22(29)19-13-7-4-8-14-19)28-21-16-10-9-15-20(21)26-27-28/h3-16,23H,17H2,1-2H3,(H,25,29). The maximum atomic E-state index is 13.0. The molecule has 3 aromatic carbocycles. The van der Waals surface area contributed by atoms with Crippen molar-refractivity contribution in [2.75, 3.05) is 0 Å². The maximum absolute atomic E-state index is 13.0. The molecule has 0 aliphatic rings. The van der Waals surface area contributed by atoms with Crippen molar-refractivity contribution in [3.63, 3.8) is 0 Å². The first kappa shape index (κ1) is 18.9. The molecule has 0 saturated carbocycles. The Kier molecular flexibility index (Phi) is 5.12. The minimum Gasteiger partial charge on any atom is -0.330 e. The van der Waals surface area contributed by atoms with Crippen LogP contribution in [0.1, 0.15) is 35.9 Å². The monoisotopic (exact) mass is 384 g/mol. The third-order valence-corrected chi connectivity index (χ3v) is 5.17. The van der Waals surface area contributed by atoms with E-state index < -0.39 is 0 Å². The summed E-state index contributed by atoms with van der Waals surface area (Å²) in [6.07, 6.45) is 0.407. The van der Waals surface area contributed by atoms with Gasteiger partial charge in [0.1, 0.15) is 11.7 Å². The topological polar surface area (TPSA) is 59.8 Å². The van der Waals surface area contributed by atoms with Crippen LogP contribution in [0.15, 0.2) is 84.9 Å². The van der Waals surface area contributed by atoms with E-state index in [9.17, 15) is 4.79 Å². The second-order valence-corrected chi connectivity index (χ2v) is 7.92. The van der Waals surface area contributed by atoms with Crippen molar-refractivity contribution in [1.29, 1.82) is 0 Å². The van der Waals surface area contributed by atoms with Gasteiger partial charge in [0.15, 0.2) is 0 Å². The molecule has 1 atom stereocenters. The lowest BCUT2D eigenvalue weighted by atomic mass is 9.82. The largest absolute Gasteiger partial charge is 0.330 e. The van der Waals surface area contributed by atoms with Gasteiger partial charge in [-0.1, -0.05) is 79.7 Å². The normalized spacial score (nSPS) is 12.6. The zero-order valence-electron chi connectivity index (χ0n) is 16.6. The molecule has 1 amide bonds. The fourth-order valence-corrected chi connectivity index (χ4v) is 3.68. The first-order valence-corrected chi connectivity index (χ1v) is 9.74. The minimum atomic E-state index is -0.372. The lowest BCUT2D eigenvalue weighted by Crippen LogP contribution is -2.43. The molecule has 0 aliphatic heterocycles. The highest BCUT2D eigenvalue weighted by Crippen LogP contribution is 2.34. The molecule has 5 heteroatoms. The minimum absolute atomic E-state index is 0.128. The van der Waals surface area contributed by atoms with E-state index in [4.69, 9.17) is 0 Å². The predicted octanol–water partition coefficient (Wildman–Crippen LogP) is 4.63. The van der Waals surface area contributed by atoms with Gasteiger partial charge in [0.05, 0.1) is 5.52 Å². The van der Waals surface area contributed by atoms with Crippen LogP contribution in [0.5, 0.6) is 0 Å². The summed E-state index contributed by atoms with van der Waals surface area (Å²) < 4.78 is 1.83. The number of carbonyl (C=O) groups excluding carboxylic acids is 1. The number of carbonyl (C=O) groups is 1. The summed E-state index contributed by atoms with van der Waals surface area (Å²) in [6, 6.07) is 27.4. The highest BCUT2D eigenvalue weighted by atomic mass is 16.1. The van der Waals surface area contributed by atoms with Crippen molar-refractivity contribution >= 4 is 16.9 Å². The Bertz CT molecular complexity index is 1100. The van der Waals surface area contributed by atoms with Gasteiger partial charge < -0.3 is 5.32 Å². The van der Waals surface area contributed by atoms with E-state index in [0.717, 1.165) is 17.5 Å². The van der Waals surface area contributed by atoms with Crippen LogP contribution in [-0.2, 0) is 6.42 Å². The number of amides is 1. The molecule has 0 radical (unpaired) electrons. The number of aromatic nitrogens is 3. The Morgan fingerprint density at radius 2 is 1.55 bits per heavy atom. The first-order valence-electron chi connectivity index (χ1n) is 9.74. The Morgan fingerprint density at radius 1 is 0.931 bits per heavy atom. The number of para-hydroxylation sites is 1. The van der Waals surface area contributed by atoms with Gasteiger partial charge in [0, 0.05) is 11.0 Å². The van der Waals surface area contributed by atoms with Crippen LogP contribution < -0.4 is 5.32 Å². The fraction of sp³-hybridized carbons (Fsp3) is 0.208. The van der Waals surface area contributed by atoms with E-state index in [1.807, 2.05) is 77.5 Å². The van der Waals surface area contributed by atoms with Crippen LogP contribution in [0, 0.1) is 5.41 Å². The van der Waals surface area contributed by atoms with Crippen LogP contribution >= 0.6 is 0 Å². The third kappa shape index (κ3) is 4.04. The smallest absolute Gasteiger partial charge is 0.252 e. The van der Waals surface area contributed by atoms with E-state index in [0.29, 0.717) is 5.56 Å². The van der Waals surface area contributed by atoms with Crippen molar-refractivity contribution in [1.82, 2.24) is 20.3 Å². The predicted molar refractivity (Wildman–Crippen MR) is 114 cm³/mol. The number of rotatable bonds is 6. The molecule has 0 fully saturated rings.